The molecule has 3 amide bonds. The number of nitrogens with zero attached hydrogens (tertiary/aromatic N) is 3. The third-order valence-corrected chi connectivity index (χ3v) is 5.79. The zero-order valence-electron chi connectivity index (χ0n) is 18.0. The van der Waals surface area contributed by atoms with Crippen molar-refractivity contribution < 1.29 is 19.1 Å². The van der Waals surface area contributed by atoms with E-state index in [9.17, 15) is 9.59 Å². The molecule has 172 valence electrons. The minimum atomic E-state index is -0.506. The average Bonchev–Trinajstić information content (AvgIpc) is 3.16. The van der Waals surface area contributed by atoms with E-state index in [4.69, 9.17) is 15.3 Å². The first-order valence-electron chi connectivity index (χ1n) is 10.4. The normalized spacial score (nSPS) is 13.2. The van der Waals surface area contributed by atoms with Gasteiger partial charge >= 0.3 is 6.03 Å². The van der Waals surface area contributed by atoms with Crippen LogP contribution in [0.5, 0.6) is 11.5 Å². The van der Waals surface area contributed by atoms with Crippen LogP contribution in [0, 0.1) is 0 Å². The van der Waals surface area contributed by atoms with Gasteiger partial charge in [0, 0.05) is 12.6 Å². The van der Waals surface area contributed by atoms with Crippen molar-refractivity contribution in [2.24, 2.45) is 0 Å². The Bertz CT molecular complexity index is 962. The van der Waals surface area contributed by atoms with Gasteiger partial charge in [0.25, 0.3) is 0 Å². The van der Waals surface area contributed by atoms with Crippen LogP contribution in [0.4, 0.5) is 4.79 Å². The summed E-state index contributed by atoms with van der Waals surface area (Å²) < 4.78 is 12.1. The molecule has 1 aliphatic rings. The fourth-order valence-electron chi connectivity index (χ4n) is 3.15. The number of hydrogen-bond acceptors (Lipinski definition) is 8. The van der Waals surface area contributed by atoms with E-state index in [-0.39, 0.29) is 12.4 Å². The van der Waals surface area contributed by atoms with Gasteiger partial charge in [-0.15, -0.1) is 10.2 Å². The molecule has 11 heteroatoms. The molecule has 32 heavy (non-hydrogen) atoms. The Morgan fingerprint density at radius 1 is 1.25 bits per heavy atom. The van der Waals surface area contributed by atoms with E-state index < -0.39 is 11.9 Å². The predicted molar refractivity (Wildman–Crippen MR) is 121 cm³/mol. The highest BCUT2D eigenvalue weighted by molar-refractivity contribution is 7.99. The number of thioether (sulfide) groups is 1. The molecule has 0 saturated heterocycles. The number of rotatable bonds is 10. The Morgan fingerprint density at radius 2 is 2.09 bits per heavy atom. The maximum Gasteiger partial charge on any atom is 0.321 e. The van der Waals surface area contributed by atoms with Gasteiger partial charge in [-0.25, -0.2) is 9.47 Å². The molecule has 0 bridgehead atoms. The number of hydrogen-bond donors (Lipinski definition) is 3. The second kappa shape index (κ2) is 12.0. The highest BCUT2D eigenvalue weighted by Crippen LogP contribution is 2.21. The number of benzene rings is 1. The number of methoxy groups -OCH3 is 1. The Morgan fingerprint density at radius 3 is 2.88 bits per heavy atom. The molecular formula is C21H28N6O4S. The lowest BCUT2D eigenvalue weighted by atomic mass is 9.97. The van der Waals surface area contributed by atoms with Crippen molar-refractivity contribution in [1.82, 2.24) is 25.5 Å². The third kappa shape index (κ3) is 7.19. The lowest BCUT2D eigenvalue weighted by molar-refractivity contribution is -0.117. The standard InChI is InChI=1S/C21H28N6O4S/c1-30-16-8-5-9-17(12-16)31-13-18-25-26-21(27(18)22)32-14-19(28)24-20(29)23-11-10-15-6-3-2-4-7-15/h5-6,8-9,12H,2-4,7,10-11,13-14,22H2,1H3,(H2,23,24,28,29). The predicted octanol–water partition coefficient (Wildman–Crippen LogP) is 2.39. The van der Waals surface area contributed by atoms with Crippen LogP contribution in [-0.4, -0.2) is 46.2 Å². The molecule has 10 nitrogen and oxygen atoms in total. The summed E-state index contributed by atoms with van der Waals surface area (Å²) in [5.41, 5.74) is 1.37. The molecule has 0 unspecified atom stereocenters. The van der Waals surface area contributed by atoms with E-state index in [1.54, 1.807) is 19.2 Å². The highest BCUT2D eigenvalue weighted by Gasteiger charge is 2.14. The minimum absolute atomic E-state index is 0.0232. The molecule has 3 rings (SSSR count). The topological polar surface area (TPSA) is 133 Å². The number of aromatic nitrogens is 3. The van der Waals surface area contributed by atoms with E-state index in [2.05, 4.69) is 26.9 Å². The number of carbonyl (C=O) groups is 2. The molecule has 0 aliphatic heterocycles. The molecule has 1 aliphatic carbocycles. The number of imide groups is 1. The summed E-state index contributed by atoms with van der Waals surface area (Å²) in [5.74, 6) is 7.20. The van der Waals surface area contributed by atoms with E-state index in [0.717, 1.165) is 31.0 Å². The van der Waals surface area contributed by atoms with Gasteiger partial charge in [-0.05, 0) is 44.2 Å². The third-order valence-electron chi connectivity index (χ3n) is 4.85. The van der Waals surface area contributed by atoms with Gasteiger partial charge in [0.2, 0.25) is 11.1 Å². The van der Waals surface area contributed by atoms with Crippen molar-refractivity contribution in [3.8, 4) is 11.5 Å². The fraction of sp³-hybridized carbons (Fsp3) is 0.429. The van der Waals surface area contributed by atoms with Crippen LogP contribution < -0.4 is 25.9 Å². The van der Waals surface area contributed by atoms with Crippen molar-refractivity contribution in [2.75, 3.05) is 25.3 Å². The summed E-state index contributed by atoms with van der Waals surface area (Å²) in [6.07, 6.45) is 7.69. The van der Waals surface area contributed by atoms with Crippen molar-refractivity contribution in [1.29, 1.82) is 0 Å². The number of nitrogen functional groups attached to an aromatic ring is 1. The van der Waals surface area contributed by atoms with E-state index in [1.807, 2.05) is 12.1 Å². The summed E-state index contributed by atoms with van der Waals surface area (Å²) in [6, 6.07) is 6.65. The largest absolute Gasteiger partial charge is 0.497 e. The first-order chi connectivity index (χ1) is 15.5. The van der Waals surface area contributed by atoms with Gasteiger partial charge in [0.15, 0.2) is 5.82 Å². The molecule has 0 atom stereocenters. The molecule has 0 radical (unpaired) electrons. The average molecular weight is 461 g/mol. The molecule has 1 aromatic heterocycles. The maximum absolute atomic E-state index is 12.0. The Balaban J connectivity index is 1.38. The summed E-state index contributed by atoms with van der Waals surface area (Å²) in [5, 5.41) is 13.3. The maximum atomic E-state index is 12.0. The SMILES string of the molecule is COc1cccc(OCc2nnc(SCC(=O)NC(=O)NCCC3=CCCCC3)n2N)c1. The highest BCUT2D eigenvalue weighted by atomic mass is 32.2. The number of allylic oxidation sites excluding steroid dienone is 1. The second-order valence-corrected chi connectivity index (χ2v) is 8.13. The summed E-state index contributed by atoms with van der Waals surface area (Å²) in [6.45, 7) is 0.605. The lowest BCUT2D eigenvalue weighted by Gasteiger charge is -2.13. The van der Waals surface area contributed by atoms with Crippen LogP contribution in [0.15, 0.2) is 41.1 Å². The second-order valence-electron chi connectivity index (χ2n) is 7.19. The van der Waals surface area contributed by atoms with Crippen molar-refractivity contribution in [3.63, 3.8) is 0 Å². The zero-order chi connectivity index (χ0) is 22.8. The molecular weight excluding hydrogens is 432 g/mol. The zero-order valence-corrected chi connectivity index (χ0v) is 18.8. The molecule has 0 fully saturated rings. The number of ether oxygens (including phenoxy) is 2. The van der Waals surface area contributed by atoms with E-state index in [1.165, 1.54) is 23.1 Å². The number of carbonyl (C=O) groups excluding carboxylic acids is 2. The van der Waals surface area contributed by atoms with Crippen LogP contribution in [0.3, 0.4) is 0 Å². The van der Waals surface area contributed by atoms with Crippen LogP contribution >= 0.6 is 11.8 Å². The molecule has 0 saturated carbocycles. The monoisotopic (exact) mass is 460 g/mol. The van der Waals surface area contributed by atoms with Gasteiger partial charge in [-0.3, -0.25) is 10.1 Å². The van der Waals surface area contributed by atoms with Gasteiger partial charge in [0.1, 0.15) is 18.1 Å². The summed E-state index contributed by atoms with van der Waals surface area (Å²) >= 11 is 1.08. The molecule has 1 heterocycles. The Labute approximate surface area is 190 Å². The quantitative estimate of drug-likeness (QED) is 0.280. The van der Waals surface area contributed by atoms with Crippen molar-refractivity contribution in [2.45, 2.75) is 43.9 Å². The van der Waals surface area contributed by atoms with Gasteiger partial charge in [-0.2, -0.15) is 0 Å². The fourth-order valence-corrected chi connectivity index (χ4v) is 3.82. The van der Waals surface area contributed by atoms with Crippen LogP contribution in [0.25, 0.3) is 0 Å². The van der Waals surface area contributed by atoms with Gasteiger partial charge in [0.05, 0.1) is 12.9 Å². The summed E-state index contributed by atoms with van der Waals surface area (Å²) in [7, 11) is 1.58. The van der Waals surface area contributed by atoms with Crippen LogP contribution in [0.2, 0.25) is 0 Å². The van der Waals surface area contributed by atoms with E-state index in [0.29, 0.717) is 29.0 Å². The number of urea groups is 1. The molecule has 4 N–H and O–H groups in total. The van der Waals surface area contributed by atoms with Gasteiger partial charge in [-0.1, -0.05) is 29.5 Å². The molecule has 1 aromatic carbocycles. The Kier molecular flexibility index (Phi) is 8.79. The minimum Gasteiger partial charge on any atom is -0.497 e. The number of nitrogens with one attached hydrogen (secondary N) is 2. The number of amides is 3. The summed E-state index contributed by atoms with van der Waals surface area (Å²) in [4.78, 5) is 23.9. The van der Waals surface area contributed by atoms with Crippen molar-refractivity contribution in [3.05, 3.63) is 41.7 Å². The molecule has 0 spiro atoms. The first-order valence-corrected chi connectivity index (χ1v) is 11.4. The smallest absolute Gasteiger partial charge is 0.321 e. The van der Waals surface area contributed by atoms with Crippen LogP contribution in [0.1, 0.15) is 37.9 Å². The van der Waals surface area contributed by atoms with E-state index >= 15 is 0 Å². The number of nitrogens with two attached hydrogens (primary N) is 1. The van der Waals surface area contributed by atoms with Gasteiger partial charge < -0.3 is 20.6 Å². The Hall–Kier alpha value is -3.21. The van der Waals surface area contributed by atoms with Crippen molar-refractivity contribution >= 4 is 23.7 Å². The first kappa shape index (κ1) is 23.5. The molecule has 2 aromatic rings. The van der Waals surface area contributed by atoms with Crippen LogP contribution in [-0.2, 0) is 11.4 Å². The lowest BCUT2D eigenvalue weighted by Crippen LogP contribution is -2.40.